The summed E-state index contributed by atoms with van der Waals surface area (Å²) in [7, 11) is 2.20. The van der Waals surface area contributed by atoms with Crippen molar-refractivity contribution in [1.82, 2.24) is 4.90 Å². The van der Waals surface area contributed by atoms with Crippen molar-refractivity contribution in [2.24, 2.45) is 0 Å². The Morgan fingerprint density at radius 3 is 2.78 bits per heavy atom. The minimum absolute atomic E-state index is 0.372. The van der Waals surface area contributed by atoms with Crippen LogP contribution in [0.25, 0.3) is 27.5 Å². The highest BCUT2D eigenvalue weighted by Gasteiger charge is 2.32. The van der Waals surface area contributed by atoms with E-state index in [0.29, 0.717) is 12.1 Å². The predicted molar refractivity (Wildman–Crippen MR) is 92.5 cm³/mol. The molecule has 2 aliphatic rings. The zero-order chi connectivity index (χ0) is 15.4. The average Bonchev–Trinajstić information content (AvgIpc) is 2.93. The Morgan fingerprint density at radius 2 is 1.87 bits per heavy atom. The Labute approximate surface area is 135 Å². The summed E-state index contributed by atoms with van der Waals surface area (Å²) in [5.41, 5.74) is 4.62. The summed E-state index contributed by atoms with van der Waals surface area (Å²) < 4.78 is 11.9. The van der Waals surface area contributed by atoms with Crippen molar-refractivity contribution in [2.75, 3.05) is 20.3 Å². The fraction of sp³-hybridized carbons (Fsp3) is 0.300. The highest BCUT2D eigenvalue weighted by atomic mass is 16.5. The average molecular weight is 305 g/mol. The first kappa shape index (κ1) is 13.3. The number of furan rings is 1. The van der Waals surface area contributed by atoms with Crippen molar-refractivity contribution in [3.63, 3.8) is 0 Å². The van der Waals surface area contributed by atoms with E-state index in [1.165, 1.54) is 21.9 Å². The molecule has 3 heterocycles. The number of hydrogen-bond donors (Lipinski definition) is 0. The molecule has 3 aromatic rings. The SMILES string of the molecule is CN1C2C=C(c3cccc4c3oc3ccccc34)CC1COC2. The van der Waals surface area contributed by atoms with Crippen molar-refractivity contribution >= 4 is 27.5 Å². The van der Waals surface area contributed by atoms with Crippen LogP contribution in [0.2, 0.25) is 0 Å². The summed E-state index contributed by atoms with van der Waals surface area (Å²) in [5.74, 6) is 0. The van der Waals surface area contributed by atoms with Gasteiger partial charge in [0.15, 0.2) is 0 Å². The molecular formula is C20H19NO2. The lowest BCUT2D eigenvalue weighted by molar-refractivity contribution is -0.0221. The summed E-state index contributed by atoms with van der Waals surface area (Å²) in [6.45, 7) is 1.60. The Balaban J connectivity index is 1.71. The van der Waals surface area contributed by atoms with Gasteiger partial charge in [-0.15, -0.1) is 0 Å². The van der Waals surface area contributed by atoms with Crippen LogP contribution in [0.4, 0.5) is 0 Å². The fourth-order valence-electron chi connectivity index (χ4n) is 3.95. The number of hydrogen-bond acceptors (Lipinski definition) is 3. The van der Waals surface area contributed by atoms with Gasteiger partial charge < -0.3 is 9.15 Å². The smallest absolute Gasteiger partial charge is 0.142 e. The maximum absolute atomic E-state index is 6.20. The molecule has 1 fully saturated rings. The molecule has 116 valence electrons. The molecule has 0 saturated carbocycles. The minimum atomic E-state index is 0.372. The molecule has 2 aliphatic heterocycles. The van der Waals surface area contributed by atoms with E-state index in [2.05, 4.69) is 48.4 Å². The second-order valence-electron chi connectivity index (χ2n) is 6.60. The molecule has 1 saturated heterocycles. The molecule has 0 radical (unpaired) electrons. The molecule has 2 unspecified atom stereocenters. The molecule has 5 rings (SSSR count). The van der Waals surface area contributed by atoms with Gasteiger partial charge in [0.25, 0.3) is 0 Å². The first-order valence-corrected chi connectivity index (χ1v) is 8.22. The molecule has 0 aliphatic carbocycles. The van der Waals surface area contributed by atoms with Crippen molar-refractivity contribution in [2.45, 2.75) is 18.5 Å². The van der Waals surface area contributed by atoms with Crippen LogP contribution >= 0.6 is 0 Å². The zero-order valence-corrected chi connectivity index (χ0v) is 13.2. The first-order valence-electron chi connectivity index (χ1n) is 8.22. The highest BCUT2D eigenvalue weighted by Crippen LogP contribution is 2.38. The maximum Gasteiger partial charge on any atom is 0.142 e. The van der Waals surface area contributed by atoms with E-state index in [9.17, 15) is 0 Å². The number of nitrogens with zero attached hydrogens (tertiary/aromatic N) is 1. The number of benzene rings is 2. The first-order chi connectivity index (χ1) is 11.3. The van der Waals surface area contributed by atoms with Crippen LogP contribution in [0.5, 0.6) is 0 Å². The topological polar surface area (TPSA) is 25.6 Å². The van der Waals surface area contributed by atoms with Gasteiger partial charge in [-0.1, -0.05) is 42.5 Å². The lowest BCUT2D eigenvalue weighted by atomic mass is 9.89. The van der Waals surface area contributed by atoms with Gasteiger partial charge in [-0.25, -0.2) is 0 Å². The molecule has 3 heteroatoms. The Kier molecular flexibility index (Phi) is 2.87. The van der Waals surface area contributed by atoms with Crippen molar-refractivity contribution < 1.29 is 9.15 Å². The molecule has 0 spiro atoms. The Hall–Kier alpha value is -2.10. The number of ether oxygens (including phenoxy) is 1. The molecule has 0 N–H and O–H groups in total. The molecular weight excluding hydrogens is 286 g/mol. The summed E-state index contributed by atoms with van der Waals surface area (Å²) in [6.07, 6.45) is 3.38. The number of morpholine rings is 1. The van der Waals surface area contributed by atoms with E-state index < -0.39 is 0 Å². The van der Waals surface area contributed by atoms with Gasteiger partial charge in [-0.05, 0) is 25.1 Å². The molecule has 2 aromatic carbocycles. The lowest BCUT2D eigenvalue weighted by Crippen LogP contribution is -2.51. The van der Waals surface area contributed by atoms with Crippen molar-refractivity contribution in [1.29, 1.82) is 0 Å². The number of rotatable bonds is 1. The van der Waals surface area contributed by atoms with E-state index in [1.54, 1.807) is 0 Å². The third-order valence-corrected chi connectivity index (χ3v) is 5.30. The van der Waals surface area contributed by atoms with Crippen LogP contribution in [0, 0.1) is 0 Å². The Bertz CT molecular complexity index is 924. The summed E-state index contributed by atoms with van der Waals surface area (Å²) in [6, 6.07) is 15.6. The quantitative estimate of drug-likeness (QED) is 0.677. The number of fused-ring (bicyclic) bond motifs is 5. The van der Waals surface area contributed by atoms with E-state index in [4.69, 9.17) is 9.15 Å². The lowest BCUT2D eigenvalue weighted by Gasteiger charge is -2.42. The molecule has 2 bridgehead atoms. The van der Waals surface area contributed by atoms with Crippen LogP contribution in [-0.2, 0) is 4.74 Å². The number of para-hydroxylation sites is 2. The van der Waals surface area contributed by atoms with Gasteiger partial charge in [0.05, 0.1) is 19.3 Å². The van der Waals surface area contributed by atoms with E-state index in [0.717, 1.165) is 30.8 Å². The molecule has 3 nitrogen and oxygen atoms in total. The van der Waals surface area contributed by atoms with Crippen LogP contribution < -0.4 is 0 Å². The van der Waals surface area contributed by atoms with E-state index in [-0.39, 0.29) is 0 Å². The Morgan fingerprint density at radius 1 is 1.00 bits per heavy atom. The fourth-order valence-corrected chi connectivity index (χ4v) is 3.95. The van der Waals surface area contributed by atoms with Crippen LogP contribution in [0.1, 0.15) is 12.0 Å². The standard InChI is InChI=1S/C20H19NO2/c1-21-14-9-13(10-15(21)12-22-11-14)16-6-4-7-18-17-5-2-3-8-19(17)23-20(16)18/h2-9,14-15H,10-12H2,1H3. The van der Waals surface area contributed by atoms with Gasteiger partial charge in [0.1, 0.15) is 11.2 Å². The van der Waals surface area contributed by atoms with Crippen molar-refractivity contribution in [3.8, 4) is 0 Å². The van der Waals surface area contributed by atoms with E-state index in [1.807, 2.05) is 12.1 Å². The van der Waals surface area contributed by atoms with Crippen molar-refractivity contribution in [3.05, 3.63) is 54.1 Å². The monoisotopic (exact) mass is 305 g/mol. The molecule has 1 aromatic heterocycles. The summed E-state index contributed by atoms with van der Waals surface area (Å²) in [5, 5.41) is 2.40. The zero-order valence-electron chi connectivity index (χ0n) is 13.2. The maximum atomic E-state index is 6.20. The summed E-state index contributed by atoms with van der Waals surface area (Å²) in [4.78, 5) is 2.44. The van der Waals surface area contributed by atoms with Gasteiger partial charge in [0.2, 0.25) is 0 Å². The van der Waals surface area contributed by atoms with Crippen LogP contribution in [0.15, 0.2) is 53.0 Å². The minimum Gasteiger partial charge on any atom is -0.455 e. The third-order valence-electron chi connectivity index (χ3n) is 5.30. The summed E-state index contributed by atoms with van der Waals surface area (Å²) >= 11 is 0. The molecule has 23 heavy (non-hydrogen) atoms. The highest BCUT2D eigenvalue weighted by molar-refractivity contribution is 6.08. The second kappa shape index (κ2) is 4.95. The second-order valence-corrected chi connectivity index (χ2v) is 6.60. The normalized spacial score (nSPS) is 25.0. The van der Waals surface area contributed by atoms with Gasteiger partial charge in [-0.2, -0.15) is 0 Å². The van der Waals surface area contributed by atoms with Gasteiger partial charge in [0, 0.05) is 22.4 Å². The third kappa shape index (κ3) is 1.97. The van der Waals surface area contributed by atoms with E-state index >= 15 is 0 Å². The van der Waals surface area contributed by atoms with Crippen LogP contribution in [-0.4, -0.2) is 37.2 Å². The van der Waals surface area contributed by atoms with Crippen LogP contribution in [0.3, 0.4) is 0 Å². The molecule has 2 atom stereocenters. The largest absolute Gasteiger partial charge is 0.455 e. The predicted octanol–water partition coefficient (Wildman–Crippen LogP) is 4.07. The van der Waals surface area contributed by atoms with Gasteiger partial charge in [-0.3, -0.25) is 4.90 Å². The van der Waals surface area contributed by atoms with Gasteiger partial charge >= 0.3 is 0 Å². The molecule has 0 amide bonds. The number of likely N-dealkylation sites (N-methyl/N-ethyl adjacent to an activating group) is 1.